The van der Waals surface area contributed by atoms with Crippen LogP contribution < -0.4 is 5.32 Å². The molecule has 0 aromatic heterocycles. The van der Waals surface area contributed by atoms with E-state index >= 15 is 0 Å². The lowest BCUT2D eigenvalue weighted by atomic mass is 9.86. The molecule has 0 spiro atoms. The van der Waals surface area contributed by atoms with Crippen LogP contribution in [0.4, 0.5) is 0 Å². The molecule has 6 rings (SSSR count). The first-order valence-corrected chi connectivity index (χ1v) is 9.58. The Hall–Kier alpha value is -1.68. The van der Waals surface area contributed by atoms with E-state index in [4.69, 9.17) is 0 Å². The number of rotatable bonds is 1. The molecule has 3 heteroatoms. The van der Waals surface area contributed by atoms with E-state index in [0.29, 0.717) is 12.0 Å². The number of aliphatic hydroxyl groups is 1. The maximum absolute atomic E-state index is 9.36. The van der Waals surface area contributed by atoms with Crippen molar-refractivity contribution in [2.24, 2.45) is 5.92 Å². The first-order valence-electron chi connectivity index (χ1n) is 9.58. The lowest BCUT2D eigenvalue weighted by Crippen LogP contribution is -2.50. The molecule has 3 nitrogen and oxygen atoms in total. The smallest absolute Gasteiger partial charge is 0.0696 e. The van der Waals surface area contributed by atoms with E-state index in [2.05, 4.69) is 64.8 Å². The van der Waals surface area contributed by atoms with Gasteiger partial charge in [-0.15, -0.1) is 0 Å². The minimum atomic E-state index is -0.00694. The largest absolute Gasteiger partial charge is 0.392 e. The first kappa shape index (κ1) is 16.8. The van der Waals surface area contributed by atoms with E-state index < -0.39 is 0 Å². The zero-order valence-corrected chi connectivity index (χ0v) is 14.8. The van der Waals surface area contributed by atoms with Crippen molar-refractivity contribution in [2.45, 2.75) is 31.4 Å². The molecule has 2 aromatic rings. The maximum atomic E-state index is 9.36. The average Bonchev–Trinajstić information content (AvgIpc) is 2.69. The summed E-state index contributed by atoms with van der Waals surface area (Å²) < 4.78 is 0. The number of benzene rings is 2. The summed E-state index contributed by atoms with van der Waals surface area (Å²) >= 11 is 0. The van der Waals surface area contributed by atoms with E-state index in [9.17, 15) is 5.11 Å². The van der Waals surface area contributed by atoms with Gasteiger partial charge < -0.3 is 15.3 Å². The Labute approximate surface area is 150 Å². The summed E-state index contributed by atoms with van der Waals surface area (Å²) in [6.45, 7) is 4.45. The molecule has 3 saturated heterocycles. The van der Waals surface area contributed by atoms with Crippen molar-refractivity contribution in [3.63, 3.8) is 0 Å². The van der Waals surface area contributed by atoms with Crippen molar-refractivity contribution in [1.82, 2.24) is 10.2 Å². The Kier molecular flexibility index (Phi) is 5.16. The number of nitrogens with zero attached hydrogens (tertiary/aromatic N) is 1. The van der Waals surface area contributed by atoms with Gasteiger partial charge in [0, 0.05) is 13.1 Å². The predicted molar refractivity (Wildman–Crippen MR) is 102 cm³/mol. The van der Waals surface area contributed by atoms with E-state index in [1.54, 1.807) is 0 Å². The molecular weight excluding hydrogens is 308 g/mol. The molecule has 4 aliphatic heterocycles. The molecule has 1 unspecified atom stereocenters. The summed E-state index contributed by atoms with van der Waals surface area (Å²) in [7, 11) is 0. The van der Waals surface area contributed by atoms with Gasteiger partial charge in [0.05, 0.1) is 12.1 Å². The van der Waals surface area contributed by atoms with Crippen LogP contribution in [0.1, 0.15) is 35.6 Å². The Bertz CT molecular complexity index is 679. The van der Waals surface area contributed by atoms with Crippen molar-refractivity contribution < 1.29 is 5.11 Å². The van der Waals surface area contributed by atoms with Crippen LogP contribution in [0.15, 0.2) is 54.6 Å². The van der Waals surface area contributed by atoms with Crippen LogP contribution in [0, 0.1) is 5.92 Å². The maximum Gasteiger partial charge on any atom is 0.0696 e. The zero-order valence-electron chi connectivity index (χ0n) is 14.8. The summed E-state index contributed by atoms with van der Waals surface area (Å²) in [5, 5.41) is 12.9. The van der Waals surface area contributed by atoms with Gasteiger partial charge in [0.25, 0.3) is 0 Å². The molecule has 25 heavy (non-hydrogen) atoms. The van der Waals surface area contributed by atoms with Crippen molar-refractivity contribution in [2.75, 3.05) is 26.2 Å². The number of aliphatic hydroxyl groups excluding tert-OH is 1. The van der Waals surface area contributed by atoms with Gasteiger partial charge in [-0.1, -0.05) is 54.6 Å². The third-order valence-corrected chi connectivity index (χ3v) is 5.86. The molecule has 2 N–H and O–H groups in total. The highest BCUT2D eigenvalue weighted by molar-refractivity contribution is 5.39. The summed E-state index contributed by atoms with van der Waals surface area (Å²) in [6.07, 6.45) is 3.58. The highest BCUT2D eigenvalue weighted by Gasteiger charge is 2.32. The highest BCUT2D eigenvalue weighted by Crippen LogP contribution is 2.28. The summed E-state index contributed by atoms with van der Waals surface area (Å²) in [5.74, 6) is 0.634. The van der Waals surface area contributed by atoms with Gasteiger partial charge in [0.2, 0.25) is 0 Å². The Morgan fingerprint density at radius 1 is 0.920 bits per heavy atom. The fourth-order valence-electron chi connectivity index (χ4n) is 4.38. The standard InChI is InChI=1S/C15H15N.C7H13NO/c1-2-7-13(8-3-1)15-14-9-5-4-6-12(14)10-11-16-15;9-7-5-8-3-1-6(7)2-4-8/h1-9,15-16H,10-11H2;6-7,9H,1-5H2/t;7-/m.0/s1. The number of hydrogen-bond donors (Lipinski definition) is 2. The molecule has 4 heterocycles. The van der Waals surface area contributed by atoms with Gasteiger partial charge in [0.15, 0.2) is 0 Å². The Balaban J connectivity index is 0.000000147. The predicted octanol–water partition coefficient (Wildman–Crippen LogP) is 2.99. The van der Waals surface area contributed by atoms with Crippen LogP contribution in [-0.2, 0) is 6.42 Å². The van der Waals surface area contributed by atoms with Crippen LogP contribution in [0.25, 0.3) is 0 Å². The monoisotopic (exact) mass is 336 g/mol. The normalized spacial score (nSPS) is 30.1. The minimum absolute atomic E-state index is 0.00694. The third kappa shape index (κ3) is 3.79. The number of nitrogens with one attached hydrogen (secondary N) is 1. The van der Waals surface area contributed by atoms with E-state index in [-0.39, 0.29) is 6.10 Å². The minimum Gasteiger partial charge on any atom is -0.392 e. The van der Waals surface area contributed by atoms with Gasteiger partial charge in [0.1, 0.15) is 0 Å². The van der Waals surface area contributed by atoms with Crippen LogP contribution in [0.2, 0.25) is 0 Å². The summed E-state index contributed by atoms with van der Waals surface area (Å²) in [6, 6.07) is 19.8. The average molecular weight is 336 g/mol. The summed E-state index contributed by atoms with van der Waals surface area (Å²) in [5.41, 5.74) is 4.27. The van der Waals surface area contributed by atoms with Crippen molar-refractivity contribution in [3.05, 3.63) is 71.3 Å². The lowest BCUT2D eigenvalue weighted by molar-refractivity contribution is -0.0227. The molecule has 0 saturated carbocycles. The van der Waals surface area contributed by atoms with Crippen molar-refractivity contribution in [1.29, 1.82) is 0 Å². The van der Waals surface area contributed by atoms with Crippen molar-refractivity contribution in [3.8, 4) is 0 Å². The van der Waals surface area contributed by atoms with E-state index in [1.807, 2.05) is 0 Å². The van der Waals surface area contributed by atoms with Crippen molar-refractivity contribution >= 4 is 0 Å². The third-order valence-electron chi connectivity index (χ3n) is 5.86. The second-order valence-corrected chi connectivity index (χ2v) is 7.45. The SMILES string of the molecule is O[C@H]1CN2CCC1CC2.c1ccc(C2NCCc3ccccc32)cc1. The quantitative estimate of drug-likeness (QED) is 0.840. The molecule has 4 aliphatic rings. The van der Waals surface area contributed by atoms with Gasteiger partial charge in [-0.05, 0) is 55.0 Å². The topological polar surface area (TPSA) is 35.5 Å². The molecule has 2 aromatic carbocycles. The molecule has 0 radical (unpaired) electrons. The molecule has 0 amide bonds. The van der Waals surface area contributed by atoms with Crippen LogP contribution in [0.5, 0.6) is 0 Å². The highest BCUT2D eigenvalue weighted by atomic mass is 16.3. The number of piperidine rings is 3. The molecule has 2 atom stereocenters. The van der Waals surface area contributed by atoms with Gasteiger partial charge in [-0.3, -0.25) is 0 Å². The van der Waals surface area contributed by atoms with E-state index in [0.717, 1.165) is 19.5 Å². The number of fused-ring (bicyclic) bond motifs is 4. The van der Waals surface area contributed by atoms with Crippen LogP contribution >= 0.6 is 0 Å². The molecular formula is C22H28N2O. The summed E-state index contributed by atoms with van der Waals surface area (Å²) in [4.78, 5) is 2.35. The first-order chi connectivity index (χ1) is 12.3. The number of hydrogen-bond acceptors (Lipinski definition) is 3. The zero-order chi connectivity index (χ0) is 17.1. The van der Waals surface area contributed by atoms with E-state index in [1.165, 1.54) is 42.6 Å². The Morgan fingerprint density at radius 2 is 1.64 bits per heavy atom. The van der Waals surface area contributed by atoms with Gasteiger partial charge >= 0.3 is 0 Å². The second kappa shape index (κ2) is 7.69. The van der Waals surface area contributed by atoms with Crippen LogP contribution in [0.3, 0.4) is 0 Å². The second-order valence-electron chi connectivity index (χ2n) is 7.45. The van der Waals surface area contributed by atoms with Gasteiger partial charge in [-0.25, -0.2) is 0 Å². The Morgan fingerprint density at radius 3 is 2.28 bits per heavy atom. The molecule has 0 aliphatic carbocycles. The van der Waals surface area contributed by atoms with Gasteiger partial charge in [-0.2, -0.15) is 0 Å². The molecule has 3 fully saturated rings. The molecule has 132 valence electrons. The fourth-order valence-corrected chi connectivity index (χ4v) is 4.38. The fraction of sp³-hybridized carbons (Fsp3) is 0.455. The van der Waals surface area contributed by atoms with Crippen LogP contribution in [-0.4, -0.2) is 42.3 Å². The molecule has 2 bridgehead atoms. The lowest BCUT2D eigenvalue weighted by Gasteiger charge is -2.42.